The lowest BCUT2D eigenvalue weighted by molar-refractivity contribution is -0.137. The zero-order chi connectivity index (χ0) is 13.1. The van der Waals surface area contributed by atoms with Crippen LogP contribution in [0.15, 0.2) is 0 Å². The maximum absolute atomic E-state index is 12.5. The highest BCUT2D eigenvalue weighted by molar-refractivity contribution is 5.82. The Balaban J connectivity index is 1.87. The van der Waals surface area contributed by atoms with Gasteiger partial charge in [0.2, 0.25) is 5.91 Å². The molecule has 0 aliphatic carbocycles. The van der Waals surface area contributed by atoms with Gasteiger partial charge in [0.1, 0.15) is 0 Å². The first-order chi connectivity index (χ1) is 8.59. The van der Waals surface area contributed by atoms with Crippen LogP contribution in [0.3, 0.4) is 0 Å². The molecule has 2 heterocycles. The molecule has 2 atom stereocenters. The van der Waals surface area contributed by atoms with Crippen LogP contribution in [0.1, 0.15) is 33.6 Å². The Labute approximate surface area is 111 Å². The number of rotatable bonds is 2. The molecular formula is C14H27N3O. The highest BCUT2D eigenvalue weighted by Gasteiger charge is 2.32. The number of amides is 1. The lowest BCUT2D eigenvalue weighted by Gasteiger charge is -2.40. The minimum Gasteiger partial charge on any atom is -0.339 e. The molecular weight excluding hydrogens is 226 g/mol. The number of hydrogen-bond donors (Lipinski definition) is 1. The van der Waals surface area contributed by atoms with E-state index in [1.54, 1.807) is 0 Å². The van der Waals surface area contributed by atoms with Gasteiger partial charge in [0.05, 0.1) is 6.04 Å². The normalized spacial score (nSPS) is 30.8. The second-order valence-electron chi connectivity index (χ2n) is 6.01. The van der Waals surface area contributed by atoms with Crippen molar-refractivity contribution in [2.45, 2.75) is 45.7 Å². The topological polar surface area (TPSA) is 35.6 Å². The average molecular weight is 253 g/mol. The minimum atomic E-state index is 0.0596. The Hall–Kier alpha value is -0.610. The third-order valence-corrected chi connectivity index (χ3v) is 4.39. The summed E-state index contributed by atoms with van der Waals surface area (Å²) < 4.78 is 0. The van der Waals surface area contributed by atoms with Crippen LogP contribution in [0.5, 0.6) is 0 Å². The summed E-state index contributed by atoms with van der Waals surface area (Å²) in [6.45, 7) is 11.5. The number of piperazine rings is 1. The maximum Gasteiger partial charge on any atom is 0.240 e. The Morgan fingerprint density at radius 1 is 1.22 bits per heavy atom. The van der Waals surface area contributed by atoms with Crippen molar-refractivity contribution in [3.63, 3.8) is 0 Å². The van der Waals surface area contributed by atoms with Gasteiger partial charge in [-0.25, -0.2) is 0 Å². The Kier molecular flexibility index (Phi) is 4.62. The van der Waals surface area contributed by atoms with Crippen LogP contribution in [0.2, 0.25) is 0 Å². The highest BCUT2D eigenvalue weighted by Crippen LogP contribution is 2.18. The molecule has 1 amide bonds. The van der Waals surface area contributed by atoms with E-state index in [2.05, 4.69) is 35.9 Å². The van der Waals surface area contributed by atoms with E-state index >= 15 is 0 Å². The summed E-state index contributed by atoms with van der Waals surface area (Å²) in [7, 11) is 0. The second kappa shape index (κ2) is 6.02. The first-order valence-corrected chi connectivity index (χ1v) is 7.36. The van der Waals surface area contributed by atoms with Gasteiger partial charge in [-0.1, -0.05) is 6.92 Å². The third-order valence-electron chi connectivity index (χ3n) is 4.39. The molecule has 2 saturated heterocycles. The molecule has 104 valence electrons. The quantitative estimate of drug-likeness (QED) is 0.795. The third kappa shape index (κ3) is 3.04. The van der Waals surface area contributed by atoms with Gasteiger partial charge in [0.15, 0.2) is 0 Å². The molecule has 4 heteroatoms. The van der Waals surface area contributed by atoms with Gasteiger partial charge in [0, 0.05) is 32.2 Å². The first kappa shape index (κ1) is 13.8. The lowest BCUT2D eigenvalue weighted by Crippen LogP contribution is -2.57. The molecule has 0 bridgehead atoms. The van der Waals surface area contributed by atoms with Crippen molar-refractivity contribution >= 4 is 5.91 Å². The van der Waals surface area contributed by atoms with Gasteiger partial charge in [-0.05, 0) is 39.2 Å². The Morgan fingerprint density at radius 2 is 1.89 bits per heavy atom. The highest BCUT2D eigenvalue weighted by atomic mass is 16.2. The lowest BCUT2D eigenvalue weighted by atomic mass is 9.91. The fourth-order valence-electron chi connectivity index (χ4n) is 3.04. The number of carbonyl (C=O) groups excluding carboxylic acids is 1. The number of nitrogens with zero attached hydrogens (tertiary/aromatic N) is 2. The molecule has 0 saturated carbocycles. The summed E-state index contributed by atoms with van der Waals surface area (Å²) in [4.78, 5) is 17.0. The first-order valence-electron chi connectivity index (χ1n) is 7.36. The number of nitrogens with one attached hydrogen (secondary N) is 1. The molecule has 0 aromatic heterocycles. The summed E-state index contributed by atoms with van der Waals surface area (Å²) in [6, 6.07) is 0.651. The minimum absolute atomic E-state index is 0.0596. The van der Waals surface area contributed by atoms with E-state index in [9.17, 15) is 4.79 Å². The maximum atomic E-state index is 12.5. The van der Waals surface area contributed by atoms with Gasteiger partial charge in [0.25, 0.3) is 0 Å². The van der Waals surface area contributed by atoms with Crippen LogP contribution < -0.4 is 5.32 Å². The van der Waals surface area contributed by atoms with Gasteiger partial charge >= 0.3 is 0 Å². The van der Waals surface area contributed by atoms with Crippen LogP contribution in [0.25, 0.3) is 0 Å². The predicted molar refractivity (Wildman–Crippen MR) is 73.5 cm³/mol. The molecule has 18 heavy (non-hydrogen) atoms. The van der Waals surface area contributed by atoms with Crippen molar-refractivity contribution in [2.24, 2.45) is 5.92 Å². The fraction of sp³-hybridized carbons (Fsp3) is 0.929. The van der Waals surface area contributed by atoms with E-state index in [0.717, 1.165) is 32.7 Å². The fourth-order valence-corrected chi connectivity index (χ4v) is 3.04. The van der Waals surface area contributed by atoms with Gasteiger partial charge < -0.3 is 10.2 Å². The van der Waals surface area contributed by atoms with Crippen molar-refractivity contribution in [2.75, 3.05) is 32.7 Å². The molecule has 2 fully saturated rings. The van der Waals surface area contributed by atoms with E-state index in [4.69, 9.17) is 0 Å². The van der Waals surface area contributed by atoms with Gasteiger partial charge in [-0.2, -0.15) is 0 Å². The largest absolute Gasteiger partial charge is 0.339 e. The number of carbonyl (C=O) groups is 1. The molecule has 0 spiro atoms. The molecule has 2 unspecified atom stereocenters. The summed E-state index contributed by atoms with van der Waals surface area (Å²) in [5.41, 5.74) is 0. The summed E-state index contributed by atoms with van der Waals surface area (Å²) in [5, 5.41) is 3.40. The zero-order valence-corrected chi connectivity index (χ0v) is 12.0. The van der Waals surface area contributed by atoms with E-state index in [1.165, 1.54) is 12.8 Å². The zero-order valence-electron chi connectivity index (χ0n) is 12.0. The van der Waals surface area contributed by atoms with Gasteiger partial charge in [-0.15, -0.1) is 0 Å². The molecule has 0 aromatic carbocycles. The predicted octanol–water partition coefficient (Wildman–Crippen LogP) is 0.927. The van der Waals surface area contributed by atoms with Crippen LogP contribution >= 0.6 is 0 Å². The van der Waals surface area contributed by atoms with Crippen molar-refractivity contribution in [3.05, 3.63) is 0 Å². The van der Waals surface area contributed by atoms with Crippen LogP contribution in [0.4, 0.5) is 0 Å². The number of hydrogen-bond acceptors (Lipinski definition) is 3. The molecule has 2 aliphatic heterocycles. The summed E-state index contributed by atoms with van der Waals surface area (Å²) in [5.74, 6) is 0.806. The van der Waals surface area contributed by atoms with Gasteiger partial charge in [-0.3, -0.25) is 9.69 Å². The van der Waals surface area contributed by atoms with E-state index in [0.29, 0.717) is 17.9 Å². The van der Waals surface area contributed by atoms with E-state index < -0.39 is 0 Å². The summed E-state index contributed by atoms with van der Waals surface area (Å²) >= 11 is 0. The molecule has 2 rings (SSSR count). The standard InChI is InChI=1S/C14H27N3O/c1-11(2)16-7-9-17(10-8-16)14(18)13-12(3)5-4-6-15-13/h11-13,15H,4-10H2,1-3H3. The molecule has 4 nitrogen and oxygen atoms in total. The van der Waals surface area contributed by atoms with Crippen molar-refractivity contribution in [1.29, 1.82) is 0 Å². The van der Waals surface area contributed by atoms with Crippen molar-refractivity contribution in [1.82, 2.24) is 15.1 Å². The monoisotopic (exact) mass is 253 g/mol. The molecule has 0 aromatic rings. The molecule has 0 radical (unpaired) electrons. The van der Waals surface area contributed by atoms with E-state index in [1.807, 2.05) is 0 Å². The number of piperidine rings is 1. The van der Waals surface area contributed by atoms with Crippen LogP contribution in [-0.2, 0) is 4.79 Å². The van der Waals surface area contributed by atoms with Crippen LogP contribution in [0, 0.1) is 5.92 Å². The Morgan fingerprint density at radius 3 is 2.44 bits per heavy atom. The SMILES string of the molecule is CC1CCCNC1C(=O)N1CCN(C(C)C)CC1. The average Bonchev–Trinajstić information content (AvgIpc) is 2.38. The Bertz CT molecular complexity index is 285. The molecule has 1 N–H and O–H groups in total. The van der Waals surface area contributed by atoms with Crippen molar-refractivity contribution < 1.29 is 4.79 Å². The van der Waals surface area contributed by atoms with Crippen LogP contribution in [-0.4, -0.2) is 60.5 Å². The molecule has 2 aliphatic rings. The van der Waals surface area contributed by atoms with Crippen molar-refractivity contribution in [3.8, 4) is 0 Å². The smallest absolute Gasteiger partial charge is 0.240 e. The van der Waals surface area contributed by atoms with E-state index in [-0.39, 0.29) is 6.04 Å². The second-order valence-corrected chi connectivity index (χ2v) is 6.01. The summed E-state index contributed by atoms with van der Waals surface area (Å²) in [6.07, 6.45) is 2.38.